The summed E-state index contributed by atoms with van der Waals surface area (Å²) in [7, 11) is 0. The van der Waals surface area contributed by atoms with Gasteiger partial charge in [0.2, 0.25) is 5.91 Å². The van der Waals surface area contributed by atoms with Crippen molar-refractivity contribution in [3.05, 3.63) is 35.6 Å². The van der Waals surface area contributed by atoms with E-state index >= 15 is 0 Å². The number of benzene rings is 1. The Balaban J connectivity index is 1.64. The van der Waals surface area contributed by atoms with Gasteiger partial charge in [-0.1, -0.05) is 12.8 Å². The van der Waals surface area contributed by atoms with Crippen molar-refractivity contribution >= 4 is 11.8 Å². The Morgan fingerprint density at radius 2 is 1.68 bits per heavy atom. The largest absolute Gasteiger partial charge is 0.354 e. The smallest absolute Gasteiger partial charge is 0.251 e. The average Bonchev–Trinajstić information content (AvgIpc) is 2.95. The first kappa shape index (κ1) is 16.4. The molecule has 1 aromatic rings. The molecule has 1 aliphatic rings. The van der Waals surface area contributed by atoms with Crippen molar-refractivity contribution in [2.45, 2.75) is 37.6 Å². The second-order valence-corrected chi connectivity index (χ2v) is 5.74. The number of amides is 2. The molecule has 4 N–H and O–H groups in total. The minimum atomic E-state index is -0.711. The van der Waals surface area contributed by atoms with Crippen LogP contribution in [0, 0.1) is 5.82 Å². The van der Waals surface area contributed by atoms with Crippen LogP contribution in [0.2, 0.25) is 0 Å². The number of nitrogens with two attached hydrogens (primary N) is 1. The highest BCUT2D eigenvalue weighted by Gasteiger charge is 2.36. The van der Waals surface area contributed by atoms with E-state index in [9.17, 15) is 14.0 Å². The van der Waals surface area contributed by atoms with Gasteiger partial charge in [0.15, 0.2) is 0 Å². The predicted molar refractivity (Wildman–Crippen MR) is 81.7 cm³/mol. The second kappa shape index (κ2) is 7.35. The van der Waals surface area contributed by atoms with Crippen LogP contribution in [0.3, 0.4) is 0 Å². The molecule has 0 spiro atoms. The summed E-state index contributed by atoms with van der Waals surface area (Å²) >= 11 is 0. The summed E-state index contributed by atoms with van der Waals surface area (Å²) in [6, 6.07) is 5.37. The highest BCUT2D eigenvalue weighted by molar-refractivity contribution is 5.94. The van der Waals surface area contributed by atoms with Crippen molar-refractivity contribution in [3.63, 3.8) is 0 Å². The van der Waals surface area contributed by atoms with Gasteiger partial charge in [-0.15, -0.1) is 0 Å². The van der Waals surface area contributed by atoms with Crippen LogP contribution < -0.4 is 16.4 Å². The van der Waals surface area contributed by atoms with Gasteiger partial charge in [0, 0.05) is 18.7 Å². The van der Waals surface area contributed by atoms with Crippen LogP contribution in [0.25, 0.3) is 0 Å². The second-order valence-electron chi connectivity index (χ2n) is 5.74. The molecule has 1 aromatic carbocycles. The maximum Gasteiger partial charge on any atom is 0.251 e. The van der Waals surface area contributed by atoms with Crippen molar-refractivity contribution in [2.24, 2.45) is 5.73 Å². The summed E-state index contributed by atoms with van der Waals surface area (Å²) in [5.41, 5.74) is 5.74. The molecule has 0 bridgehead atoms. The first-order chi connectivity index (χ1) is 10.5. The van der Waals surface area contributed by atoms with Gasteiger partial charge in [0.05, 0.1) is 5.54 Å². The molecule has 0 saturated heterocycles. The summed E-state index contributed by atoms with van der Waals surface area (Å²) in [5, 5.41) is 5.55. The molecule has 5 nitrogen and oxygen atoms in total. The van der Waals surface area contributed by atoms with E-state index in [2.05, 4.69) is 10.6 Å². The van der Waals surface area contributed by atoms with E-state index in [1.54, 1.807) is 0 Å². The topological polar surface area (TPSA) is 84.2 Å². The average molecular weight is 307 g/mol. The fourth-order valence-electron chi connectivity index (χ4n) is 2.60. The van der Waals surface area contributed by atoms with Crippen LogP contribution in [0.5, 0.6) is 0 Å². The lowest BCUT2D eigenvalue weighted by atomic mass is 9.98. The number of hydrogen-bond acceptors (Lipinski definition) is 3. The van der Waals surface area contributed by atoms with Crippen LogP contribution in [0.15, 0.2) is 24.3 Å². The van der Waals surface area contributed by atoms with Crippen LogP contribution in [0.1, 0.15) is 42.5 Å². The molecule has 1 saturated carbocycles. The van der Waals surface area contributed by atoms with Crippen molar-refractivity contribution in [3.8, 4) is 0 Å². The standard InChI is InChI=1S/C16H22FN3O2/c17-13-6-4-12(5-7-13)14(21)19-10-3-11-20-15(22)16(18)8-1-2-9-16/h4-7H,1-3,8-11,18H2,(H,19,21)(H,20,22). The van der Waals surface area contributed by atoms with Crippen LogP contribution >= 0.6 is 0 Å². The Bertz CT molecular complexity index is 525. The highest BCUT2D eigenvalue weighted by Crippen LogP contribution is 2.27. The fraction of sp³-hybridized carbons (Fsp3) is 0.500. The van der Waals surface area contributed by atoms with E-state index in [-0.39, 0.29) is 17.6 Å². The molecule has 2 amide bonds. The first-order valence-electron chi connectivity index (χ1n) is 7.62. The molecule has 0 aliphatic heterocycles. The van der Waals surface area contributed by atoms with Crippen molar-refractivity contribution in [2.75, 3.05) is 13.1 Å². The van der Waals surface area contributed by atoms with Gasteiger partial charge in [0.25, 0.3) is 5.91 Å². The third-order valence-electron chi connectivity index (χ3n) is 3.98. The molecule has 0 heterocycles. The number of hydrogen-bond donors (Lipinski definition) is 3. The van der Waals surface area contributed by atoms with E-state index in [1.807, 2.05) is 0 Å². The molecule has 0 unspecified atom stereocenters. The Hall–Kier alpha value is -1.95. The van der Waals surface area contributed by atoms with Gasteiger partial charge in [0.1, 0.15) is 5.82 Å². The quantitative estimate of drug-likeness (QED) is 0.693. The third-order valence-corrected chi connectivity index (χ3v) is 3.98. The lowest BCUT2D eigenvalue weighted by Gasteiger charge is -2.22. The third kappa shape index (κ3) is 4.27. The van der Waals surface area contributed by atoms with Crippen molar-refractivity contribution < 1.29 is 14.0 Å². The monoisotopic (exact) mass is 307 g/mol. The number of nitrogens with one attached hydrogen (secondary N) is 2. The van der Waals surface area contributed by atoms with E-state index in [0.717, 1.165) is 25.7 Å². The van der Waals surface area contributed by atoms with Crippen LogP contribution in [-0.2, 0) is 4.79 Å². The summed E-state index contributed by atoms with van der Waals surface area (Å²) in [4.78, 5) is 23.7. The summed E-state index contributed by atoms with van der Waals surface area (Å²) < 4.78 is 12.8. The molecule has 2 rings (SSSR count). The normalized spacial score (nSPS) is 16.3. The number of carbonyl (C=O) groups is 2. The summed E-state index contributed by atoms with van der Waals surface area (Å²) in [6.45, 7) is 0.912. The van der Waals surface area contributed by atoms with Gasteiger partial charge in [-0.25, -0.2) is 4.39 Å². The molecule has 0 aromatic heterocycles. The molecule has 0 atom stereocenters. The van der Waals surface area contributed by atoms with Crippen LogP contribution in [0.4, 0.5) is 4.39 Å². The van der Waals surface area contributed by atoms with E-state index in [0.29, 0.717) is 25.1 Å². The van der Waals surface area contributed by atoms with Gasteiger partial charge < -0.3 is 16.4 Å². The van der Waals surface area contributed by atoms with Gasteiger partial charge in [-0.2, -0.15) is 0 Å². The maximum absolute atomic E-state index is 12.8. The Labute approximate surface area is 129 Å². The number of carbonyl (C=O) groups excluding carboxylic acids is 2. The molecular weight excluding hydrogens is 285 g/mol. The first-order valence-corrected chi connectivity index (χ1v) is 7.62. The molecule has 0 radical (unpaired) electrons. The molecule has 120 valence electrons. The highest BCUT2D eigenvalue weighted by atomic mass is 19.1. The zero-order chi connectivity index (χ0) is 16.0. The zero-order valence-corrected chi connectivity index (χ0v) is 12.5. The Kier molecular flexibility index (Phi) is 5.49. The minimum Gasteiger partial charge on any atom is -0.354 e. The van der Waals surface area contributed by atoms with Gasteiger partial charge in [-0.05, 0) is 43.5 Å². The lowest BCUT2D eigenvalue weighted by Crippen LogP contribution is -2.52. The van der Waals surface area contributed by atoms with Crippen LogP contribution in [-0.4, -0.2) is 30.4 Å². The van der Waals surface area contributed by atoms with E-state index in [4.69, 9.17) is 5.73 Å². The van der Waals surface area contributed by atoms with Gasteiger partial charge in [-0.3, -0.25) is 9.59 Å². The van der Waals surface area contributed by atoms with E-state index in [1.165, 1.54) is 24.3 Å². The number of rotatable bonds is 6. The fourth-order valence-corrected chi connectivity index (χ4v) is 2.60. The molecule has 6 heteroatoms. The predicted octanol–water partition coefficient (Wildman–Crippen LogP) is 1.33. The van der Waals surface area contributed by atoms with Crippen molar-refractivity contribution in [1.82, 2.24) is 10.6 Å². The Morgan fingerprint density at radius 3 is 2.32 bits per heavy atom. The summed E-state index contributed by atoms with van der Waals surface area (Å²) in [6.07, 6.45) is 4.09. The lowest BCUT2D eigenvalue weighted by molar-refractivity contribution is -0.126. The summed E-state index contributed by atoms with van der Waals surface area (Å²) in [5.74, 6) is -0.728. The van der Waals surface area contributed by atoms with E-state index < -0.39 is 5.54 Å². The molecule has 22 heavy (non-hydrogen) atoms. The Morgan fingerprint density at radius 1 is 1.09 bits per heavy atom. The zero-order valence-electron chi connectivity index (χ0n) is 12.5. The maximum atomic E-state index is 12.8. The molecule has 1 aliphatic carbocycles. The SMILES string of the molecule is NC1(C(=O)NCCCNC(=O)c2ccc(F)cc2)CCCC1. The minimum absolute atomic E-state index is 0.102. The molecular formula is C16H22FN3O2. The molecule has 1 fully saturated rings. The number of halogens is 1. The van der Waals surface area contributed by atoms with Crippen molar-refractivity contribution in [1.29, 1.82) is 0 Å². The van der Waals surface area contributed by atoms with Gasteiger partial charge >= 0.3 is 0 Å².